The Hall–Kier alpha value is -1.88. The lowest BCUT2D eigenvalue weighted by Crippen LogP contribution is -2.11. The van der Waals surface area contributed by atoms with Crippen LogP contribution in [0.5, 0.6) is 0 Å². The molecular formula is C16H18N4S. The lowest BCUT2D eigenvalue weighted by Gasteiger charge is -2.18. The normalized spacial score (nSPS) is 18.1. The number of thiazole rings is 1. The van der Waals surface area contributed by atoms with Crippen LogP contribution in [0.1, 0.15) is 29.5 Å². The second-order valence-electron chi connectivity index (χ2n) is 6.04. The third-order valence-electron chi connectivity index (χ3n) is 4.35. The molecule has 2 heterocycles. The molecule has 1 aromatic carbocycles. The second kappa shape index (κ2) is 4.56. The summed E-state index contributed by atoms with van der Waals surface area (Å²) in [6.45, 7) is 4.42. The zero-order chi connectivity index (χ0) is 14.6. The van der Waals surface area contributed by atoms with E-state index in [1.54, 1.807) is 11.3 Å². The summed E-state index contributed by atoms with van der Waals surface area (Å²) in [5.74, 6) is 1.70. The maximum Gasteiger partial charge on any atom is 0.216 e. The van der Waals surface area contributed by atoms with E-state index in [1.165, 1.54) is 29.0 Å². The predicted octanol–water partition coefficient (Wildman–Crippen LogP) is 3.47. The van der Waals surface area contributed by atoms with Crippen LogP contribution in [-0.2, 0) is 12.8 Å². The molecule has 0 spiro atoms. The van der Waals surface area contributed by atoms with Crippen LogP contribution in [0.2, 0.25) is 0 Å². The van der Waals surface area contributed by atoms with E-state index >= 15 is 0 Å². The van der Waals surface area contributed by atoms with Gasteiger partial charge in [0.1, 0.15) is 0 Å². The van der Waals surface area contributed by atoms with Gasteiger partial charge in [0.25, 0.3) is 0 Å². The number of benzene rings is 1. The summed E-state index contributed by atoms with van der Waals surface area (Å²) in [7, 11) is 0. The highest BCUT2D eigenvalue weighted by atomic mass is 32.1. The molecule has 4 nitrogen and oxygen atoms in total. The van der Waals surface area contributed by atoms with Crippen molar-refractivity contribution in [2.45, 2.75) is 33.1 Å². The minimum absolute atomic E-state index is 0.769. The number of aryl methyl sites for hydroxylation is 2. The first-order valence-corrected chi connectivity index (χ1v) is 8.17. The van der Waals surface area contributed by atoms with Gasteiger partial charge < -0.3 is 5.73 Å². The molecule has 108 valence electrons. The van der Waals surface area contributed by atoms with Crippen molar-refractivity contribution in [2.24, 2.45) is 5.92 Å². The van der Waals surface area contributed by atoms with Crippen molar-refractivity contribution in [3.05, 3.63) is 34.3 Å². The fourth-order valence-corrected chi connectivity index (χ4v) is 4.41. The minimum atomic E-state index is 0.769. The van der Waals surface area contributed by atoms with Crippen LogP contribution in [0, 0.1) is 12.8 Å². The largest absolute Gasteiger partial charge is 0.399 e. The average Bonchev–Trinajstić information content (AvgIpc) is 2.99. The number of nitrogens with two attached hydrogens (primary N) is 1. The SMILES string of the molecule is Cc1ccc(N)cc1-c1nnc2sc3c(n12)CCC(C)C3. The number of anilines is 1. The highest BCUT2D eigenvalue weighted by Gasteiger charge is 2.24. The van der Waals surface area contributed by atoms with E-state index in [4.69, 9.17) is 5.73 Å². The maximum atomic E-state index is 5.95. The van der Waals surface area contributed by atoms with Gasteiger partial charge in [-0.3, -0.25) is 4.40 Å². The van der Waals surface area contributed by atoms with Crippen molar-refractivity contribution in [1.29, 1.82) is 0 Å². The van der Waals surface area contributed by atoms with Gasteiger partial charge in [-0.15, -0.1) is 10.2 Å². The van der Waals surface area contributed by atoms with Crippen molar-refractivity contribution >= 4 is 22.0 Å². The summed E-state index contributed by atoms with van der Waals surface area (Å²) < 4.78 is 2.24. The molecule has 21 heavy (non-hydrogen) atoms. The Morgan fingerprint density at radius 2 is 2.19 bits per heavy atom. The molecule has 0 radical (unpaired) electrons. The van der Waals surface area contributed by atoms with Gasteiger partial charge in [0.2, 0.25) is 4.96 Å². The van der Waals surface area contributed by atoms with Gasteiger partial charge >= 0.3 is 0 Å². The lowest BCUT2D eigenvalue weighted by molar-refractivity contribution is 0.499. The molecule has 0 aliphatic heterocycles. The molecule has 0 fully saturated rings. The zero-order valence-electron chi connectivity index (χ0n) is 12.3. The molecule has 0 amide bonds. The third kappa shape index (κ3) is 1.95. The van der Waals surface area contributed by atoms with Crippen molar-refractivity contribution < 1.29 is 0 Å². The number of rotatable bonds is 1. The molecule has 2 aromatic heterocycles. The molecule has 1 atom stereocenters. The van der Waals surface area contributed by atoms with Crippen LogP contribution in [0.25, 0.3) is 16.3 Å². The Kier molecular flexibility index (Phi) is 2.79. The number of hydrogen-bond acceptors (Lipinski definition) is 4. The first-order chi connectivity index (χ1) is 10.1. The summed E-state index contributed by atoms with van der Waals surface area (Å²) >= 11 is 1.79. The molecule has 1 aliphatic carbocycles. The molecule has 4 rings (SSSR count). The van der Waals surface area contributed by atoms with Crippen molar-refractivity contribution in [3.63, 3.8) is 0 Å². The first kappa shape index (κ1) is 12.8. The number of aromatic nitrogens is 3. The molecule has 5 heteroatoms. The second-order valence-corrected chi connectivity index (χ2v) is 7.10. The van der Waals surface area contributed by atoms with Crippen molar-refractivity contribution in [2.75, 3.05) is 5.73 Å². The lowest BCUT2D eigenvalue weighted by atomic mass is 9.93. The average molecular weight is 298 g/mol. The van der Waals surface area contributed by atoms with Gasteiger partial charge in [0, 0.05) is 21.8 Å². The third-order valence-corrected chi connectivity index (χ3v) is 5.45. The van der Waals surface area contributed by atoms with Gasteiger partial charge in [-0.2, -0.15) is 0 Å². The van der Waals surface area contributed by atoms with E-state index in [9.17, 15) is 0 Å². The van der Waals surface area contributed by atoms with Crippen LogP contribution in [-0.4, -0.2) is 14.6 Å². The summed E-state index contributed by atoms with van der Waals surface area (Å²) in [5.41, 5.74) is 10.4. The molecule has 0 saturated heterocycles. The highest BCUT2D eigenvalue weighted by molar-refractivity contribution is 7.17. The van der Waals surface area contributed by atoms with Crippen LogP contribution in [0.3, 0.4) is 0 Å². The maximum absolute atomic E-state index is 5.95. The smallest absolute Gasteiger partial charge is 0.216 e. The number of hydrogen-bond donors (Lipinski definition) is 1. The quantitative estimate of drug-likeness (QED) is 0.700. The van der Waals surface area contributed by atoms with Crippen LogP contribution < -0.4 is 5.73 Å². The number of nitrogen functional groups attached to an aromatic ring is 1. The zero-order valence-corrected chi connectivity index (χ0v) is 13.1. The van der Waals surface area contributed by atoms with E-state index in [-0.39, 0.29) is 0 Å². The van der Waals surface area contributed by atoms with E-state index < -0.39 is 0 Å². The Bertz CT molecular complexity index is 830. The predicted molar refractivity (Wildman–Crippen MR) is 86.6 cm³/mol. The standard InChI is InChI=1S/C16H18N4S/c1-9-3-6-13-14(7-9)21-16-19-18-15(20(13)16)12-8-11(17)5-4-10(12)2/h4-5,8-9H,3,6-7,17H2,1-2H3. The summed E-state index contributed by atoms with van der Waals surface area (Å²) in [6.07, 6.45) is 3.52. The molecule has 2 N–H and O–H groups in total. The molecule has 1 aliphatic rings. The van der Waals surface area contributed by atoms with E-state index in [0.29, 0.717) is 0 Å². The summed E-state index contributed by atoms with van der Waals surface area (Å²) in [5, 5.41) is 8.81. The highest BCUT2D eigenvalue weighted by Crippen LogP contribution is 2.35. The van der Waals surface area contributed by atoms with Gasteiger partial charge in [0.15, 0.2) is 5.82 Å². The van der Waals surface area contributed by atoms with Gasteiger partial charge in [0.05, 0.1) is 0 Å². The van der Waals surface area contributed by atoms with Crippen LogP contribution in [0.4, 0.5) is 5.69 Å². The molecule has 0 saturated carbocycles. The fraction of sp³-hybridized carbons (Fsp3) is 0.375. The number of fused-ring (bicyclic) bond motifs is 3. The van der Waals surface area contributed by atoms with Gasteiger partial charge in [-0.1, -0.05) is 24.3 Å². The van der Waals surface area contributed by atoms with E-state index in [0.717, 1.165) is 34.4 Å². The minimum Gasteiger partial charge on any atom is -0.399 e. The van der Waals surface area contributed by atoms with Crippen LogP contribution in [0.15, 0.2) is 18.2 Å². The molecule has 0 bridgehead atoms. The topological polar surface area (TPSA) is 56.2 Å². The molecule has 3 aromatic rings. The Morgan fingerprint density at radius 1 is 1.33 bits per heavy atom. The summed E-state index contributed by atoms with van der Waals surface area (Å²) in [6, 6.07) is 5.98. The number of nitrogens with zero attached hydrogens (tertiary/aromatic N) is 3. The monoisotopic (exact) mass is 298 g/mol. The Labute approximate surface area is 127 Å². The molecule has 1 unspecified atom stereocenters. The fourth-order valence-electron chi connectivity index (χ4n) is 3.14. The van der Waals surface area contributed by atoms with Gasteiger partial charge in [-0.25, -0.2) is 0 Å². The van der Waals surface area contributed by atoms with Crippen LogP contribution >= 0.6 is 11.3 Å². The van der Waals surface area contributed by atoms with Crippen molar-refractivity contribution in [1.82, 2.24) is 14.6 Å². The Balaban J connectivity index is 1.96. The van der Waals surface area contributed by atoms with E-state index in [2.05, 4.69) is 28.4 Å². The molecular weight excluding hydrogens is 280 g/mol. The Morgan fingerprint density at radius 3 is 3.05 bits per heavy atom. The summed E-state index contributed by atoms with van der Waals surface area (Å²) in [4.78, 5) is 2.48. The van der Waals surface area contributed by atoms with Crippen molar-refractivity contribution in [3.8, 4) is 11.4 Å². The van der Waals surface area contributed by atoms with Gasteiger partial charge in [-0.05, 0) is 49.8 Å². The first-order valence-electron chi connectivity index (χ1n) is 7.35. The van der Waals surface area contributed by atoms with E-state index in [1.807, 2.05) is 18.2 Å².